The SMILES string of the molecule is CC(C)NCc1cn(-c2ccc(C(C)C)cc2)nn1. The number of nitrogens with zero attached hydrogens (tertiary/aromatic N) is 3. The van der Waals surface area contributed by atoms with Crippen molar-refractivity contribution in [3.05, 3.63) is 41.7 Å². The van der Waals surface area contributed by atoms with E-state index in [1.807, 2.05) is 10.9 Å². The van der Waals surface area contributed by atoms with Crippen LogP contribution in [0.25, 0.3) is 5.69 Å². The Bertz CT molecular complexity index is 511. The van der Waals surface area contributed by atoms with Gasteiger partial charge in [-0.3, -0.25) is 0 Å². The van der Waals surface area contributed by atoms with Crippen LogP contribution in [0.2, 0.25) is 0 Å². The molecule has 0 atom stereocenters. The van der Waals surface area contributed by atoms with Crippen LogP contribution in [0.4, 0.5) is 0 Å². The monoisotopic (exact) mass is 258 g/mol. The Hall–Kier alpha value is -1.68. The predicted molar refractivity (Wildman–Crippen MR) is 77.4 cm³/mol. The van der Waals surface area contributed by atoms with Gasteiger partial charge in [0.2, 0.25) is 0 Å². The summed E-state index contributed by atoms with van der Waals surface area (Å²) < 4.78 is 1.82. The fourth-order valence-corrected chi connectivity index (χ4v) is 1.83. The second-order valence-electron chi connectivity index (χ2n) is 5.44. The fraction of sp³-hybridized carbons (Fsp3) is 0.467. The standard InChI is InChI=1S/C15H22N4/c1-11(2)13-5-7-15(8-6-13)19-10-14(17-18-19)9-16-12(3)4/h5-8,10-12,16H,9H2,1-4H3. The average Bonchev–Trinajstić information content (AvgIpc) is 2.85. The van der Waals surface area contributed by atoms with Gasteiger partial charge in [-0.15, -0.1) is 5.10 Å². The normalized spacial score (nSPS) is 11.5. The first kappa shape index (κ1) is 13.7. The quantitative estimate of drug-likeness (QED) is 0.896. The van der Waals surface area contributed by atoms with Crippen molar-refractivity contribution in [3.8, 4) is 5.69 Å². The zero-order chi connectivity index (χ0) is 13.8. The minimum absolute atomic E-state index is 0.454. The molecule has 0 spiro atoms. The Morgan fingerprint density at radius 2 is 1.79 bits per heavy atom. The number of nitrogens with one attached hydrogen (secondary N) is 1. The number of aromatic nitrogens is 3. The Labute approximate surface area is 114 Å². The zero-order valence-corrected chi connectivity index (χ0v) is 12.1. The third-order valence-corrected chi connectivity index (χ3v) is 3.06. The molecule has 0 radical (unpaired) electrons. The molecule has 0 unspecified atom stereocenters. The van der Waals surface area contributed by atoms with Crippen molar-refractivity contribution in [2.75, 3.05) is 0 Å². The van der Waals surface area contributed by atoms with E-state index in [0.717, 1.165) is 17.9 Å². The van der Waals surface area contributed by atoms with Crippen LogP contribution in [0.1, 0.15) is 44.9 Å². The van der Waals surface area contributed by atoms with E-state index in [9.17, 15) is 0 Å². The highest BCUT2D eigenvalue weighted by molar-refractivity contribution is 5.34. The summed E-state index contributed by atoms with van der Waals surface area (Å²) in [5.74, 6) is 0.551. The van der Waals surface area contributed by atoms with Gasteiger partial charge in [0.05, 0.1) is 17.6 Å². The number of benzene rings is 1. The molecule has 0 amide bonds. The van der Waals surface area contributed by atoms with Gasteiger partial charge in [-0.1, -0.05) is 45.0 Å². The van der Waals surface area contributed by atoms with Crippen LogP contribution in [0.3, 0.4) is 0 Å². The highest BCUT2D eigenvalue weighted by Crippen LogP contribution is 2.16. The fourth-order valence-electron chi connectivity index (χ4n) is 1.83. The van der Waals surface area contributed by atoms with E-state index in [2.05, 4.69) is 67.6 Å². The van der Waals surface area contributed by atoms with Crippen molar-refractivity contribution < 1.29 is 0 Å². The first-order valence-electron chi connectivity index (χ1n) is 6.81. The summed E-state index contributed by atoms with van der Waals surface area (Å²) in [6.07, 6.45) is 1.97. The van der Waals surface area contributed by atoms with Crippen molar-refractivity contribution in [2.24, 2.45) is 0 Å². The van der Waals surface area contributed by atoms with E-state index in [1.165, 1.54) is 5.56 Å². The zero-order valence-electron chi connectivity index (χ0n) is 12.1. The summed E-state index contributed by atoms with van der Waals surface area (Å²) >= 11 is 0. The molecule has 4 heteroatoms. The lowest BCUT2D eigenvalue weighted by Crippen LogP contribution is -2.21. The molecular weight excluding hydrogens is 236 g/mol. The molecule has 102 valence electrons. The molecule has 0 aliphatic rings. The van der Waals surface area contributed by atoms with Crippen LogP contribution >= 0.6 is 0 Å². The smallest absolute Gasteiger partial charge is 0.0969 e. The highest BCUT2D eigenvalue weighted by atomic mass is 15.4. The first-order valence-corrected chi connectivity index (χ1v) is 6.81. The van der Waals surface area contributed by atoms with Gasteiger partial charge in [0, 0.05) is 12.6 Å². The third-order valence-electron chi connectivity index (χ3n) is 3.06. The second kappa shape index (κ2) is 5.97. The molecule has 2 rings (SSSR count). The highest BCUT2D eigenvalue weighted by Gasteiger charge is 2.04. The van der Waals surface area contributed by atoms with Crippen LogP contribution in [-0.2, 0) is 6.54 Å². The van der Waals surface area contributed by atoms with Gasteiger partial charge < -0.3 is 5.32 Å². The van der Waals surface area contributed by atoms with Crippen LogP contribution in [0.5, 0.6) is 0 Å². The van der Waals surface area contributed by atoms with Crippen molar-refractivity contribution in [1.82, 2.24) is 20.3 Å². The molecule has 1 heterocycles. The molecule has 4 nitrogen and oxygen atoms in total. The van der Waals surface area contributed by atoms with E-state index in [-0.39, 0.29) is 0 Å². The lowest BCUT2D eigenvalue weighted by Gasteiger charge is -2.06. The van der Waals surface area contributed by atoms with Gasteiger partial charge >= 0.3 is 0 Å². The maximum atomic E-state index is 4.17. The third kappa shape index (κ3) is 3.64. The van der Waals surface area contributed by atoms with Gasteiger partial charge in [-0.05, 0) is 23.6 Å². The second-order valence-corrected chi connectivity index (χ2v) is 5.44. The van der Waals surface area contributed by atoms with Gasteiger partial charge in [0.25, 0.3) is 0 Å². The largest absolute Gasteiger partial charge is 0.309 e. The number of hydrogen-bond donors (Lipinski definition) is 1. The molecule has 0 bridgehead atoms. The van der Waals surface area contributed by atoms with E-state index in [1.54, 1.807) is 0 Å². The van der Waals surface area contributed by atoms with E-state index in [4.69, 9.17) is 0 Å². The Morgan fingerprint density at radius 1 is 1.11 bits per heavy atom. The first-order chi connectivity index (χ1) is 9.06. The average molecular weight is 258 g/mol. The molecule has 1 aromatic carbocycles. The van der Waals surface area contributed by atoms with Gasteiger partial charge in [0.15, 0.2) is 0 Å². The molecule has 0 saturated carbocycles. The van der Waals surface area contributed by atoms with Crippen molar-refractivity contribution in [3.63, 3.8) is 0 Å². The van der Waals surface area contributed by atoms with E-state index >= 15 is 0 Å². The maximum absolute atomic E-state index is 4.17. The van der Waals surface area contributed by atoms with Gasteiger partial charge in [0.1, 0.15) is 0 Å². The molecule has 0 fully saturated rings. The Kier molecular flexibility index (Phi) is 4.32. The van der Waals surface area contributed by atoms with E-state index < -0.39 is 0 Å². The number of hydrogen-bond acceptors (Lipinski definition) is 3. The topological polar surface area (TPSA) is 42.7 Å². The molecule has 2 aromatic rings. The minimum Gasteiger partial charge on any atom is -0.309 e. The van der Waals surface area contributed by atoms with Crippen molar-refractivity contribution >= 4 is 0 Å². The summed E-state index contributed by atoms with van der Waals surface area (Å²) in [6, 6.07) is 8.92. The predicted octanol–water partition coefficient (Wildman–Crippen LogP) is 2.89. The summed E-state index contributed by atoms with van der Waals surface area (Å²) in [5, 5.41) is 11.7. The summed E-state index contributed by atoms with van der Waals surface area (Å²) in [5.41, 5.74) is 3.35. The summed E-state index contributed by atoms with van der Waals surface area (Å²) in [7, 11) is 0. The van der Waals surface area contributed by atoms with Gasteiger partial charge in [-0.2, -0.15) is 0 Å². The number of rotatable bonds is 5. The molecule has 1 N–H and O–H groups in total. The lowest BCUT2D eigenvalue weighted by atomic mass is 10.0. The lowest BCUT2D eigenvalue weighted by molar-refractivity contribution is 0.580. The van der Waals surface area contributed by atoms with Crippen LogP contribution in [-0.4, -0.2) is 21.0 Å². The molecule has 0 aliphatic heterocycles. The molecule has 0 saturated heterocycles. The van der Waals surface area contributed by atoms with Crippen LogP contribution in [0, 0.1) is 0 Å². The van der Waals surface area contributed by atoms with Crippen molar-refractivity contribution in [2.45, 2.75) is 46.2 Å². The molecule has 1 aromatic heterocycles. The van der Waals surface area contributed by atoms with Crippen LogP contribution in [0.15, 0.2) is 30.5 Å². The molecular formula is C15H22N4. The molecule has 19 heavy (non-hydrogen) atoms. The van der Waals surface area contributed by atoms with Gasteiger partial charge in [-0.25, -0.2) is 4.68 Å². The Balaban J connectivity index is 2.09. The van der Waals surface area contributed by atoms with Crippen LogP contribution < -0.4 is 5.32 Å². The van der Waals surface area contributed by atoms with Crippen molar-refractivity contribution in [1.29, 1.82) is 0 Å². The minimum atomic E-state index is 0.454. The Morgan fingerprint density at radius 3 is 2.37 bits per heavy atom. The summed E-state index contributed by atoms with van der Waals surface area (Å²) in [6.45, 7) is 9.38. The van der Waals surface area contributed by atoms with E-state index in [0.29, 0.717) is 12.0 Å². The maximum Gasteiger partial charge on any atom is 0.0969 e. The summed E-state index contributed by atoms with van der Waals surface area (Å²) in [4.78, 5) is 0. The molecule has 0 aliphatic carbocycles.